The number of nitrogens with one attached hydrogen (secondary N) is 1. The minimum Gasteiger partial charge on any atom is -0.327 e. The molecule has 0 aliphatic heterocycles. The largest absolute Gasteiger partial charge is 0.327 e. The molecule has 0 aromatic carbocycles. The Morgan fingerprint density at radius 2 is 2.24 bits per heavy atom. The van der Waals surface area contributed by atoms with Crippen LogP contribution in [0.15, 0.2) is 31.1 Å². The second kappa shape index (κ2) is 5.54. The molecule has 0 amide bonds. The topological polar surface area (TPSA) is 55.6 Å². The van der Waals surface area contributed by atoms with E-state index in [-0.39, 0.29) is 0 Å². The van der Waals surface area contributed by atoms with Crippen molar-refractivity contribution in [3.63, 3.8) is 0 Å². The van der Waals surface area contributed by atoms with Crippen LogP contribution >= 0.6 is 0 Å². The van der Waals surface area contributed by atoms with E-state index in [1.54, 1.807) is 12.5 Å². The van der Waals surface area contributed by atoms with Crippen molar-refractivity contribution in [2.24, 2.45) is 0 Å². The first-order valence-corrected chi connectivity index (χ1v) is 5.73. The van der Waals surface area contributed by atoms with Gasteiger partial charge in [-0.15, -0.1) is 0 Å². The van der Waals surface area contributed by atoms with E-state index in [1.165, 1.54) is 0 Å². The summed E-state index contributed by atoms with van der Waals surface area (Å²) in [7, 11) is 0. The normalized spacial score (nSPS) is 11.0. The summed E-state index contributed by atoms with van der Waals surface area (Å²) in [4.78, 5) is 12.3. The fraction of sp³-hybridized carbons (Fsp3) is 0.417. The van der Waals surface area contributed by atoms with Crippen LogP contribution < -0.4 is 5.32 Å². The zero-order valence-corrected chi connectivity index (χ0v) is 10.2. The molecule has 0 unspecified atom stereocenters. The fourth-order valence-corrected chi connectivity index (χ4v) is 1.53. The summed E-state index contributed by atoms with van der Waals surface area (Å²) in [6.07, 6.45) is 7.04. The molecule has 5 heteroatoms. The predicted molar refractivity (Wildman–Crippen MR) is 65.3 cm³/mol. The quantitative estimate of drug-likeness (QED) is 0.840. The fourth-order valence-electron chi connectivity index (χ4n) is 1.53. The summed E-state index contributed by atoms with van der Waals surface area (Å²) in [5.41, 5.74) is 2.15. The Hall–Kier alpha value is -1.75. The number of hydrogen-bond donors (Lipinski definition) is 1. The van der Waals surface area contributed by atoms with Gasteiger partial charge < -0.3 is 9.88 Å². The maximum absolute atomic E-state index is 4.21. The van der Waals surface area contributed by atoms with Crippen LogP contribution in [0.5, 0.6) is 0 Å². The molecule has 2 rings (SSSR count). The lowest BCUT2D eigenvalue weighted by Crippen LogP contribution is -2.23. The van der Waals surface area contributed by atoms with Gasteiger partial charge in [-0.2, -0.15) is 0 Å². The standard InChI is InChI=1S/C12H17N5/c1-10(2)15-6-12-5-14-9-17(12)7-11-3-4-13-8-16-11/h3-5,8-10,15H,6-7H2,1-2H3. The van der Waals surface area contributed by atoms with Crippen molar-refractivity contribution in [3.8, 4) is 0 Å². The average molecular weight is 231 g/mol. The van der Waals surface area contributed by atoms with Gasteiger partial charge in [-0.25, -0.2) is 15.0 Å². The molecule has 0 fully saturated rings. The Labute approximate surface area is 101 Å². The molecule has 2 heterocycles. The number of rotatable bonds is 5. The molecule has 0 radical (unpaired) electrons. The summed E-state index contributed by atoms with van der Waals surface area (Å²) in [5.74, 6) is 0. The van der Waals surface area contributed by atoms with Gasteiger partial charge in [0.2, 0.25) is 0 Å². The van der Waals surface area contributed by atoms with E-state index in [1.807, 2.05) is 18.6 Å². The molecule has 0 aliphatic rings. The first-order valence-electron chi connectivity index (χ1n) is 5.73. The van der Waals surface area contributed by atoms with Gasteiger partial charge in [0.15, 0.2) is 0 Å². The van der Waals surface area contributed by atoms with Crippen molar-refractivity contribution < 1.29 is 0 Å². The number of nitrogens with zero attached hydrogens (tertiary/aromatic N) is 4. The maximum Gasteiger partial charge on any atom is 0.115 e. The first-order chi connectivity index (χ1) is 8.25. The monoisotopic (exact) mass is 231 g/mol. The summed E-state index contributed by atoms with van der Waals surface area (Å²) >= 11 is 0. The summed E-state index contributed by atoms with van der Waals surface area (Å²) in [6, 6.07) is 2.39. The Morgan fingerprint density at radius 1 is 1.35 bits per heavy atom. The van der Waals surface area contributed by atoms with Crippen LogP contribution in [-0.4, -0.2) is 25.6 Å². The molecule has 0 bridgehead atoms. The van der Waals surface area contributed by atoms with Crippen molar-refractivity contribution in [1.82, 2.24) is 24.8 Å². The highest BCUT2D eigenvalue weighted by Crippen LogP contribution is 2.03. The molecule has 2 aromatic rings. The van der Waals surface area contributed by atoms with Crippen LogP contribution in [0.25, 0.3) is 0 Å². The van der Waals surface area contributed by atoms with E-state index < -0.39 is 0 Å². The minimum absolute atomic E-state index is 0.470. The molecule has 0 saturated carbocycles. The van der Waals surface area contributed by atoms with E-state index in [2.05, 4.69) is 38.7 Å². The Morgan fingerprint density at radius 3 is 2.94 bits per heavy atom. The lowest BCUT2D eigenvalue weighted by Gasteiger charge is -2.10. The highest BCUT2D eigenvalue weighted by Gasteiger charge is 2.04. The first kappa shape index (κ1) is 11.7. The molecule has 0 atom stereocenters. The molecular weight excluding hydrogens is 214 g/mol. The second-order valence-corrected chi connectivity index (χ2v) is 4.25. The van der Waals surface area contributed by atoms with Gasteiger partial charge in [-0.1, -0.05) is 13.8 Å². The molecule has 0 spiro atoms. The van der Waals surface area contributed by atoms with Gasteiger partial charge >= 0.3 is 0 Å². The molecular formula is C12H17N5. The van der Waals surface area contributed by atoms with Crippen molar-refractivity contribution >= 4 is 0 Å². The van der Waals surface area contributed by atoms with Crippen molar-refractivity contribution in [1.29, 1.82) is 0 Å². The van der Waals surface area contributed by atoms with Crippen LogP contribution in [0.1, 0.15) is 25.2 Å². The zero-order chi connectivity index (χ0) is 12.1. The summed E-state index contributed by atoms with van der Waals surface area (Å²) in [5, 5.41) is 3.38. The van der Waals surface area contributed by atoms with Gasteiger partial charge in [0.1, 0.15) is 6.33 Å². The number of imidazole rings is 1. The maximum atomic E-state index is 4.21. The average Bonchev–Trinajstić information content (AvgIpc) is 2.75. The highest BCUT2D eigenvalue weighted by molar-refractivity contribution is 5.04. The number of hydrogen-bond acceptors (Lipinski definition) is 4. The lowest BCUT2D eigenvalue weighted by molar-refractivity contribution is 0.563. The van der Waals surface area contributed by atoms with Crippen LogP contribution in [0.2, 0.25) is 0 Å². The van der Waals surface area contributed by atoms with Crippen molar-refractivity contribution in [2.45, 2.75) is 33.0 Å². The van der Waals surface area contributed by atoms with E-state index in [0.717, 1.165) is 24.5 Å². The van der Waals surface area contributed by atoms with E-state index in [4.69, 9.17) is 0 Å². The molecule has 5 nitrogen and oxygen atoms in total. The SMILES string of the molecule is CC(C)NCc1cncn1Cc1ccncn1. The predicted octanol–water partition coefficient (Wildman–Crippen LogP) is 1.22. The van der Waals surface area contributed by atoms with Crippen LogP contribution in [-0.2, 0) is 13.1 Å². The van der Waals surface area contributed by atoms with Gasteiger partial charge in [0.25, 0.3) is 0 Å². The van der Waals surface area contributed by atoms with Crippen molar-refractivity contribution in [2.75, 3.05) is 0 Å². The molecule has 0 aliphatic carbocycles. The molecule has 90 valence electrons. The van der Waals surface area contributed by atoms with E-state index >= 15 is 0 Å². The third-order valence-electron chi connectivity index (χ3n) is 2.47. The third-order valence-corrected chi connectivity index (χ3v) is 2.47. The van der Waals surface area contributed by atoms with Crippen LogP contribution in [0.4, 0.5) is 0 Å². The van der Waals surface area contributed by atoms with E-state index in [0.29, 0.717) is 6.04 Å². The molecule has 1 N–H and O–H groups in total. The smallest absolute Gasteiger partial charge is 0.115 e. The summed E-state index contributed by atoms with van der Waals surface area (Å²) in [6.45, 7) is 5.82. The van der Waals surface area contributed by atoms with E-state index in [9.17, 15) is 0 Å². The Bertz CT molecular complexity index is 449. The highest BCUT2D eigenvalue weighted by atomic mass is 15.1. The zero-order valence-electron chi connectivity index (χ0n) is 10.2. The number of aromatic nitrogens is 4. The van der Waals surface area contributed by atoms with Gasteiger partial charge in [0, 0.05) is 25.0 Å². The third kappa shape index (κ3) is 3.35. The minimum atomic E-state index is 0.470. The van der Waals surface area contributed by atoms with Gasteiger partial charge in [-0.3, -0.25) is 0 Å². The lowest BCUT2D eigenvalue weighted by atomic mass is 10.3. The van der Waals surface area contributed by atoms with Gasteiger partial charge in [0.05, 0.1) is 24.3 Å². The Balaban J connectivity index is 2.04. The second-order valence-electron chi connectivity index (χ2n) is 4.25. The molecule has 2 aromatic heterocycles. The van der Waals surface area contributed by atoms with Crippen LogP contribution in [0.3, 0.4) is 0 Å². The summed E-state index contributed by atoms with van der Waals surface area (Å²) < 4.78 is 2.09. The van der Waals surface area contributed by atoms with Crippen molar-refractivity contribution in [3.05, 3.63) is 42.5 Å². The van der Waals surface area contributed by atoms with Gasteiger partial charge in [-0.05, 0) is 6.07 Å². The van der Waals surface area contributed by atoms with Crippen LogP contribution in [0, 0.1) is 0 Å². The molecule has 0 saturated heterocycles. The molecule has 17 heavy (non-hydrogen) atoms. The Kier molecular flexibility index (Phi) is 3.82.